The van der Waals surface area contributed by atoms with Gasteiger partial charge in [0.15, 0.2) is 0 Å². The fourth-order valence-corrected chi connectivity index (χ4v) is 3.81. The van der Waals surface area contributed by atoms with Gasteiger partial charge in [-0.25, -0.2) is 4.39 Å². The van der Waals surface area contributed by atoms with Crippen molar-refractivity contribution in [1.29, 1.82) is 0 Å². The van der Waals surface area contributed by atoms with Crippen LogP contribution in [0.25, 0.3) is 10.1 Å². The van der Waals surface area contributed by atoms with E-state index in [1.54, 1.807) is 23.5 Å². The molecule has 3 aromatic rings. The summed E-state index contributed by atoms with van der Waals surface area (Å²) in [6.45, 7) is 0. The zero-order valence-electron chi connectivity index (χ0n) is 11.6. The lowest BCUT2D eigenvalue weighted by molar-refractivity contribution is 0.374. The normalized spacial score (nSPS) is 21.2. The van der Waals surface area contributed by atoms with Crippen molar-refractivity contribution in [3.8, 4) is 0 Å². The summed E-state index contributed by atoms with van der Waals surface area (Å²) in [5.74, 6) is 0.407. The first-order valence-electron chi connectivity index (χ1n) is 7.27. The molecule has 0 radical (unpaired) electrons. The van der Waals surface area contributed by atoms with Gasteiger partial charge in [-0.15, -0.1) is 11.3 Å². The molecule has 1 aliphatic carbocycles. The first-order valence-corrected chi connectivity index (χ1v) is 8.15. The Balaban J connectivity index is 1.40. The van der Waals surface area contributed by atoms with E-state index in [1.807, 2.05) is 12.1 Å². The summed E-state index contributed by atoms with van der Waals surface area (Å²) in [5, 5.41) is 7.03. The second-order valence-corrected chi connectivity index (χ2v) is 6.68. The number of hydrogen-bond donors (Lipinski definition) is 1. The maximum atomic E-state index is 12.9. The van der Waals surface area contributed by atoms with Crippen LogP contribution in [0.4, 0.5) is 10.1 Å². The summed E-state index contributed by atoms with van der Waals surface area (Å²) in [6.07, 6.45) is 2.24. The van der Waals surface area contributed by atoms with Crippen LogP contribution < -0.4 is 5.32 Å². The standard InChI is InChI=1S/C18H16FNS/c19-15-3-1-12(2-4-15)14-10-17(11-14)20-16-5-6-18-13(9-16)7-8-21-18/h1-9,14,17,20H,10-11H2. The quantitative estimate of drug-likeness (QED) is 0.682. The van der Waals surface area contributed by atoms with E-state index in [1.165, 1.54) is 21.3 Å². The summed E-state index contributed by atoms with van der Waals surface area (Å²) >= 11 is 1.78. The molecule has 4 rings (SSSR count). The van der Waals surface area contributed by atoms with Gasteiger partial charge in [0, 0.05) is 16.4 Å². The van der Waals surface area contributed by atoms with Crippen LogP contribution in [0.1, 0.15) is 24.3 Å². The number of hydrogen-bond acceptors (Lipinski definition) is 2. The minimum atomic E-state index is -0.156. The molecule has 0 unspecified atom stereocenters. The highest BCUT2D eigenvalue weighted by atomic mass is 32.1. The molecule has 1 aromatic heterocycles. The molecule has 0 atom stereocenters. The van der Waals surface area contributed by atoms with Gasteiger partial charge >= 0.3 is 0 Å². The molecule has 3 heteroatoms. The average Bonchev–Trinajstić information content (AvgIpc) is 2.91. The van der Waals surface area contributed by atoms with Crippen molar-refractivity contribution < 1.29 is 4.39 Å². The summed E-state index contributed by atoms with van der Waals surface area (Å²) in [4.78, 5) is 0. The highest BCUT2D eigenvalue weighted by molar-refractivity contribution is 7.17. The van der Waals surface area contributed by atoms with Crippen molar-refractivity contribution in [3.05, 3.63) is 65.3 Å². The molecule has 106 valence electrons. The molecule has 0 aliphatic heterocycles. The van der Waals surface area contributed by atoms with Crippen LogP contribution in [0.3, 0.4) is 0 Å². The molecule has 1 heterocycles. The van der Waals surface area contributed by atoms with Crippen molar-refractivity contribution >= 4 is 27.1 Å². The molecule has 1 saturated carbocycles. The van der Waals surface area contributed by atoms with Gasteiger partial charge in [0.2, 0.25) is 0 Å². The van der Waals surface area contributed by atoms with Crippen molar-refractivity contribution in [1.82, 2.24) is 0 Å². The van der Waals surface area contributed by atoms with Gasteiger partial charge in [0.25, 0.3) is 0 Å². The van der Waals surface area contributed by atoms with Crippen LogP contribution >= 0.6 is 11.3 Å². The minimum Gasteiger partial charge on any atom is -0.382 e. The van der Waals surface area contributed by atoms with Gasteiger partial charge in [-0.05, 0) is 71.5 Å². The molecule has 0 spiro atoms. The van der Waals surface area contributed by atoms with E-state index in [2.05, 4.69) is 35.0 Å². The van der Waals surface area contributed by atoms with E-state index in [9.17, 15) is 4.39 Å². The fraction of sp³-hybridized carbons (Fsp3) is 0.222. The number of nitrogens with one attached hydrogen (secondary N) is 1. The van der Waals surface area contributed by atoms with Crippen LogP contribution in [0, 0.1) is 5.82 Å². The Hall–Kier alpha value is -1.87. The smallest absolute Gasteiger partial charge is 0.123 e. The number of rotatable bonds is 3. The summed E-state index contributed by atoms with van der Waals surface area (Å²) in [5.41, 5.74) is 2.45. The lowest BCUT2D eigenvalue weighted by Gasteiger charge is -2.37. The molecule has 1 fully saturated rings. The van der Waals surface area contributed by atoms with Crippen LogP contribution in [0.2, 0.25) is 0 Å². The van der Waals surface area contributed by atoms with Gasteiger partial charge in [-0.2, -0.15) is 0 Å². The maximum Gasteiger partial charge on any atom is 0.123 e. The van der Waals surface area contributed by atoms with E-state index < -0.39 is 0 Å². The van der Waals surface area contributed by atoms with Crippen molar-refractivity contribution in [2.75, 3.05) is 5.32 Å². The molecule has 0 bridgehead atoms. The molecule has 0 amide bonds. The molecule has 21 heavy (non-hydrogen) atoms. The zero-order chi connectivity index (χ0) is 14.2. The zero-order valence-corrected chi connectivity index (χ0v) is 12.4. The SMILES string of the molecule is Fc1ccc(C2CC(Nc3ccc4sccc4c3)C2)cc1. The molecule has 0 saturated heterocycles. The van der Waals surface area contributed by atoms with Crippen LogP contribution in [-0.2, 0) is 0 Å². The van der Waals surface area contributed by atoms with Crippen LogP contribution in [0.15, 0.2) is 53.9 Å². The third kappa shape index (κ3) is 2.54. The first-order chi connectivity index (χ1) is 10.3. The van der Waals surface area contributed by atoms with Crippen LogP contribution in [-0.4, -0.2) is 6.04 Å². The molecular formula is C18H16FNS. The molecule has 1 nitrogen and oxygen atoms in total. The Kier molecular flexibility index (Phi) is 3.15. The van der Waals surface area contributed by atoms with E-state index in [0.29, 0.717) is 12.0 Å². The fourth-order valence-electron chi connectivity index (χ4n) is 3.03. The summed E-state index contributed by atoms with van der Waals surface area (Å²) in [6, 6.07) is 16.2. The lowest BCUT2D eigenvalue weighted by atomic mass is 9.76. The number of anilines is 1. The van der Waals surface area contributed by atoms with E-state index in [-0.39, 0.29) is 5.82 Å². The second kappa shape index (κ2) is 5.15. The number of thiophene rings is 1. The minimum absolute atomic E-state index is 0.156. The van der Waals surface area contributed by atoms with Gasteiger partial charge in [-0.1, -0.05) is 12.1 Å². The van der Waals surface area contributed by atoms with Gasteiger partial charge in [0.1, 0.15) is 5.82 Å². The number of fused-ring (bicyclic) bond motifs is 1. The van der Waals surface area contributed by atoms with E-state index in [4.69, 9.17) is 0 Å². The van der Waals surface area contributed by atoms with Crippen molar-refractivity contribution in [2.24, 2.45) is 0 Å². The van der Waals surface area contributed by atoms with Gasteiger partial charge < -0.3 is 5.32 Å². The molecule has 1 N–H and O–H groups in total. The van der Waals surface area contributed by atoms with Gasteiger partial charge in [-0.3, -0.25) is 0 Å². The van der Waals surface area contributed by atoms with Crippen molar-refractivity contribution in [3.63, 3.8) is 0 Å². The highest BCUT2D eigenvalue weighted by Crippen LogP contribution is 2.38. The monoisotopic (exact) mass is 297 g/mol. The predicted octanol–water partition coefficient (Wildman–Crippen LogP) is 5.40. The Bertz CT molecular complexity index is 756. The first kappa shape index (κ1) is 12.8. The summed E-state index contributed by atoms with van der Waals surface area (Å²) in [7, 11) is 0. The van der Waals surface area contributed by atoms with Gasteiger partial charge in [0.05, 0.1) is 0 Å². The topological polar surface area (TPSA) is 12.0 Å². The average molecular weight is 297 g/mol. The van der Waals surface area contributed by atoms with Crippen LogP contribution in [0.5, 0.6) is 0 Å². The largest absolute Gasteiger partial charge is 0.382 e. The van der Waals surface area contributed by atoms with E-state index >= 15 is 0 Å². The maximum absolute atomic E-state index is 12.9. The Morgan fingerprint density at radius 1 is 1.00 bits per heavy atom. The molecule has 1 aliphatic rings. The predicted molar refractivity (Wildman–Crippen MR) is 87.6 cm³/mol. The molecular weight excluding hydrogens is 281 g/mol. The third-order valence-corrected chi connectivity index (χ3v) is 5.20. The highest BCUT2D eigenvalue weighted by Gasteiger charge is 2.30. The van der Waals surface area contributed by atoms with E-state index in [0.717, 1.165) is 12.8 Å². The number of halogens is 1. The van der Waals surface area contributed by atoms with Crippen molar-refractivity contribution in [2.45, 2.75) is 24.8 Å². The lowest BCUT2D eigenvalue weighted by Crippen LogP contribution is -2.33. The Labute approximate surface area is 127 Å². The third-order valence-electron chi connectivity index (χ3n) is 4.30. The Morgan fingerprint density at radius 3 is 2.62 bits per heavy atom. The second-order valence-electron chi connectivity index (χ2n) is 5.73. The molecule has 2 aromatic carbocycles. The number of benzene rings is 2. The Morgan fingerprint density at radius 2 is 1.81 bits per heavy atom. The summed E-state index contributed by atoms with van der Waals surface area (Å²) < 4.78 is 14.3.